The number of nitrogens with zero attached hydrogens (tertiary/aromatic N) is 5. The smallest absolute Gasteiger partial charge is 0.258 e. The largest absolute Gasteiger partial charge is 0.491 e. The average molecular weight is 579 g/mol. The molecule has 4 heterocycles. The van der Waals surface area contributed by atoms with Crippen LogP contribution in [0.1, 0.15) is 66.8 Å². The van der Waals surface area contributed by atoms with Crippen LogP contribution in [0.15, 0.2) is 36.4 Å². The summed E-state index contributed by atoms with van der Waals surface area (Å²) >= 11 is 7.05. The van der Waals surface area contributed by atoms with Crippen LogP contribution < -0.4 is 10.1 Å². The summed E-state index contributed by atoms with van der Waals surface area (Å²) in [6, 6.07) is 7.13. The van der Waals surface area contributed by atoms with Crippen LogP contribution in [0.5, 0.6) is 5.75 Å². The van der Waals surface area contributed by atoms with E-state index in [1.807, 2.05) is 42.4 Å². The number of likely N-dealkylation sites (tertiary alicyclic amines) is 2. The molecule has 5 rings (SSSR count). The van der Waals surface area contributed by atoms with Crippen LogP contribution in [0.4, 0.5) is 5.95 Å². The molecule has 1 atom stereocenters. The Labute approximate surface area is 246 Å². The number of fused-ring (bicyclic) bond motifs is 1. The normalized spacial score (nSPS) is 18.2. The molecule has 2 aliphatic heterocycles. The highest BCUT2D eigenvalue weighted by atomic mass is 35.5. The van der Waals surface area contributed by atoms with Crippen LogP contribution in [0, 0.1) is 13.8 Å². The first-order valence-electron chi connectivity index (χ1n) is 14.6. The lowest BCUT2D eigenvalue weighted by atomic mass is 10.1. The average Bonchev–Trinajstić information content (AvgIpc) is 3.51. The van der Waals surface area contributed by atoms with Gasteiger partial charge < -0.3 is 14.2 Å². The number of rotatable bonds is 8. The first kappa shape index (κ1) is 29.1. The number of aromatic nitrogens is 3. The van der Waals surface area contributed by atoms with E-state index in [0.717, 1.165) is 50.3 Å². The van der Waals surface area contributed by atoms with E-state index in [2.05, 4.69) is 15.2 Å². The van der Waals surface area contributed by atoms with Crippen LogP contribution in [-0.4, -0.2) is 75.5 Å². The first-order chi connectivity index (χ1) is 19.8. The number of allylic oxidation sites excluding steroid dienone is 1. The van der Waals surface area contributed by atoms with E-state index in [-0.39, 0.29) is 17.9 Å². The Hall–Kier alpha value is -3.43. The van der Waals surface area contributed by atoms with Gasteiger partial charge >= 0.3 is 0 Å². The molecule has 2 saturated heterocycles. The predicted molar refractivity (Wildman–Crippen MR) is 162 cm³/mol. The molecule has 10 heteroatoms. The van der Waals surface area contributed by atoms with Gasteiger partial charge in [-0.2, -0.15) is 0 Å². The summed E-state index contributed by atoms with van der Waals surface area (Å²) in [5.41, 5.74) is 3.41. The van der Waals surface area contributed by atoms with Crippen molar-refractivity contribution >= 4 is 40.4 Å². The maximum Gasteiger partial charge on any atom is 0.258 e. The fourth-order valence-corrected chi connectivity index (χ4v) is 6.20. The number of halogens is 1. The molecule has 1 unspecified atom stereocenters. The summed E-state index contributed by atoms with van der Waals surface area (Å²) in [4.78, 5) is 39.8. The molecule has 2 amide bonds. The van der Waals surface area contributed by atoms with Crippen molar-refractivity contribution in [1.29, 1.82) is 0 Å². The third kappa shape index (κ3) is 6.73. The van der Waals surface area contributed by atoms with Gasteiger partial charge in [0.25, 0.3) is 5.91 Å². The number of anilines is 1. The van der Waals surface area contributed by atoms with Crippen molar-refractivity contribution in [2.45, 2.75) is 58.9 Å². The van der Waals surface area contributed by atoms with E-state index < -0.39 is 0 Å². The van der Waals surface area contributed by atoms with Gasteiger partial charge in [-0.3, -0.25) is 24.8 Å². The van der Waals surface area contributed by atoms with Gasteiger partial charge in [0.2, 0.25) is 11.9 Å². The van der Waals surface area contributed by atoms with Crippen molar-refractivity contribution in [2.24, 2.45) is 0 Å². The molecule has 1 aromatic carbocycles. The van der Waals surface area contributed by atoms with Gasteiger partial charge in [0.05, 0.1) is 17.1 Å². The fraction of sp³-hybridized carbons (Fsp3) is 0.484. The zero-order valence-electron chi connectivity index (χ0n) is 24.2. The van der Waals surface area contributed by atoms with E-state index in [1.165, 1.54) is 12.8 Å². The summed E-state index contributed by atoms with van der Waals surface area (Å²) in [6.07, 6.45) is 8.48. The summed E-state index contributed by atoms with van der Waals surface area (Å²) < 4.78 is 8.17. The SMILES string of the molecule is C/C=C/C(=O)N1CCCCC(n2c(NC(=O)c3cc(C)nc(C)c3)nc3ccc(OCCN4CCCC4)c(Cl)c32)C1. The summed E-state index contributed by atoms with van der Waals surface area (Å²) in [5.74, 6) is 0.699. The highest BCUT2D eigenvalue weighted by Crippen LogP contribution is 2.38. The number of amides is 2. The van der Waals surface area contributed by atoms with Crippen LogP contribution in [0.3, 0.4) is 0 Å². The van der Waals surface area contributed by atoms with E-state index in [1.54, 1.807) is 24.3 Å². The Kier molecular flexibility index (Phi) is 9.25. The number of hydrogen-bond donors (Lipinski definition) is 1. The molecular weight excluding hydrogens is 540 g/mol. The Morgan fingerprint density at radius 2 is 1.80 bits per heavy atom. The van der Waals surface area contributed by atoms with Crippen molar-refractivity contribution in [3.63, 3.8) is 0 Å². The Morgan fingerprint density at radius 1 is 1.07 bits per heavy atom. The maximum atomic E-state index is 13.4. The standard InChI is InChI=1S/C31H39ClN6O3/c1-4-9-27(39)37-15-6-5-10-24(20-37)38-29-25(11-12-26(28(29)32)41-17-16-36-13-7-8-14-36)34-31(38)35-30(40)23-18-21(2)33-22(3)19-23/h4,9,11-12,18-19,24H,5-8,10,13-17,20H2,1-3H3,(H,34,35,40)/b9-4+. The second-order valence-corrected chi connectivity index (χ2v) is 11.4. The van der Waals surface area contributed by atoms with Gasteiger partial charge in [0, 0.05) is 36.6 Å². The number of ether oxygens (including phenoxy) is 1. The monoisotopic (exact) mass is 578 g/mol. The first-order valence-corrected chi connectivity index (χ1v) is 15.0. The third-order valence-corrected chi connectivity index (χ3v) is 8.19. The molecule has 0 radical (unpaired) electrons. The van der Waals surface area contributed by atoms with Crippen LogP contribution in [0.25, 0.3) is 11.0 Å². The van der Waals surface area contributed by atoms with Gasteiger partial charge in [0.15, 0.2) is 0 Å². The van der Waals surface area contributed by atoms with Crippen LogP contribution in [0.2, 0.25) is 5.02 Å². The predicted octanol–water partition coefficient (Wildman–Crippen LogP) is 5.56. The van der Waals surface area contributed by atoms with Crippen molar-refractivity contribution in [3.05, 3.63) is 58.4 Å². The van der Waals surface area contributed by atoms with Crippen LogP contribution in [-0.2, 0) is 4.79 Å². The van der Waals surface area contributed by atoms with E-state index in [9.17, 15) is 9.59 Å². The molecule has 2 aromatic heterocycles. The number of nitrogens with one attached hydrogen (secondary N) is 1. The molecule has 218 valence electrons. The molecule has 41 heavy (non-hydrogen) atoms. The molecule has 9 nitrogen and oxygen atoms in total. The van der Waals surface area contributed by atoms with Gasteiger partial charge in [-0.05, 0) is 96.3 Å². The summed E-state index contributed by atoms with van der Waals surface area (Å²) in [5, 5.41) is 3.51. The molecule has 2 aliphatic rings. The number of imidazole rings is 1. The molecule has 0 spiro atoms. The van der Waals surface area contributed by atoms with Crippen molar-refractivity contribution in [3.8, 4) is 5.75 Å². The molecule has 0 aliphatic carbocycles. The minimum atomic E-state index is -0.274. The van der Waals surface area contributed by atoms with Crippen molar-refractivity contribution < 1.29 is 14.3 Å². The Morgan fingerprint density at radius 3 is 2.54 bits per heavy atom. The van der Waals surface area contributed by atoms with Gasteiger partial charge in [-0.1, -0.05) is 17.7 Å². The number of hydrogen-bond acceptors (Lipinski definition) is 6. The summed E-state index contributed by atoms with van der Waals surface area (Å²) in [7, 11) is 0. The Bertz CT molecular complexity index is 1430. The molecule has 2 fully saturated rings. The Balaban J connectivity index is 1.52. The van der Waals surface area contributed by atoms with Crippen LogP contribution >= 0.6 is 11.6 Å². The van der Waals surface area contributed by atoms with Crippen molar-refractivity contribution in [1.82, 2.24) is 24.3 Å². The minimum Gasteiger partial charge on any atom is -0.491 e. The van der Waals surface area contributed by atoms with E-state index in [4.69, 9.17) is 21.3 Å². The zero-order valence-corrected chi connectivity index (χ0v) is 24.9. The lowest BCUT2D eigenvalue weighted by Crippen LogP contribution is -2.34. The quantitative estimate of drug-likeness (QED) is 0.352. The van der Waals surface area contributed by atoms with E-state index in [0.29, 0.717) is 53.0 Å². The highest BCUT2D eigenvalue weighted by Gasteiger charge is 2.28. The maximum absolute atomic E-state index is 13.4. The molecule has 0 saturated carbocycles. The van der Waals surface area contributed by atoms with Gasteiger partial charge in [0.1, 0.15) is 17.4 Å². The third-order valence-electron chi connectivity index (χ3n) is 7.82. The highest BCUT2D eigenvalue weighted by molar-refractivity contribution is 6.36. The molecule has 3 aromatic rings. The lowest BCUT2D eigenvalue weighted by Gasteiger charge is -2.26. The fourth-order valence-electron chi connectivity index (χ4n) is 5.89. The summed E-state index contributed by atoms with van der Waals surface area (Å²) in [6.45, 7) is 10.3. The minimum absolute atomic E-state index is 0.0193. The molecular formula is C31H39ClN6O3. The number of aryl methyl sites for hydroxylation is 2. The second kappa shape index (κ2) is 13.0. The van der Waals surface area contributed by atoms with E-state index >= 15 is 0 Å². The number of carbonyl (C=O) groups is 2. The number of pyridine rings is 1. The van der Waals surface area contributed by atoms with Gasteiger partial charge in [-0.15, -0.1) is 0 Å². The lowest BCUT2D eigenvalue weighted by molar-refractivity contribution is -0.126. The molecule has 0 bridgehead atoms. The van der Waals surface area contributed by atoms with Crippen molar-refractivity contribution in [2.75, 3.05) is 44.6 Å². The number of carbonyl (C=O) groups excluding carboxylic acids is 2. The topological polar surface area (TPSA) is 92.6 Å². The zero-order chi connectivity index (χ0) is 28.9. The second-order valence-electron chi connectivity index (χ2n) is 11.0. The number of benzene rings is 1. The molecule has 1 N–H and O–H groups in total. The van der Waals surface area contributed by atoms with Gasteiger partial charge in [-0.25, -0.2) is 4.98 Å².